The lowest BCUT2D eigenvalue weighted by Gasteiger charge is -2.45. The monoisotopic (exact) mass is 697 g/mol. The normalized spacial score (nSPS) is 13.6. The quantitative estimate of drug-likeness (QED) is 0.0598. The van der Waals surface area contributed by atoms with Crippen LogP contribution in [0.5, 0.6) is 0 Å². The molecule has 0 aliphatic heterocycles. The van der Waals surface area contributed by atoms with Crippen molar-refractivity contribution in [2.24, 2.45) is 0 Å². The summed E-state index contributed by atoms with van der Waals surface area (Å²) >= 11 is 0. The Labute approximate surface area is 298 Å². The van der Waals surface area contributed by atoms with Crippen LogP contribution < -0.4 is 10.4 Å². The Morgan fingerprint density at radius 1 is 0.740 bits per heavy atom. The molecule has 0 N–H and O–H groups in total. The average molecular weight is 698 g/mol. The number of amides is 1. The minimum atomic E-state index is -2.97. The van der Waals surface area contributed by atoms with Crippen LogP contribution in [-0.2, 0) is 41.3 Å². The summed E-state index contributed by atoms with van der Waals surface area (Å²) in [6.07, 6.45) is -0.324. The van der Waals surface area contributed by atoms with Crippen molar-refractivity contribution in [1.82, 2.24) is 4.90 Å². The molecule has 0 saturated carbocycles. The molecule has 0 bridgehead atoms. The Morgan fingerprint density at radius 3 is 1.70 bits per heavy atom. The van der Waals surface area contributed by atoms with Crippen LogP contribution in [0.4, 0.5) is 4.79 Å². The number of hydrogen-bond donors (Lipinski definition) is 0. The first kappa shape index (κ1) is 38.7. The molecule has 0 aliphatic rings. The predicted octanol–water partition coefficient (Wildman–Crippen LogP) is 6.93. The molecule has 3 atom stereocenters. The number of carbonyl (C=O) groups excluding carboxylic acids is 1. The number of ether oxygens (including phenoxy) is 5. The molecule has 4 aromatic rings. The number of nitrogens with zero attached hydrogens (tertiary/aromatic N) is 1. The smallest absolute Gasteiger partial charge is 0.410 e. The van der Waals surface area contributed by atoms with E-state index in [-0.39, 0.29) is 38.4 Å². The SMILES string of the molecule is C=C[C@H]([C@H](OCOC)[C@H](CO[Si](c1ccccc1)(c1ccccc1)C(C)(C)C)OCOC)N(Cc1ccccc1)C(=O)OCc1ccccc1. The zero-order valence-corrected chi connectivity index (χ0v) is 30.9. The lowest BCUT2D eigenvalue weighted by atomic mass is 10.0. The molecule has 266 valence electrons. The van der Waals surface area contributed by atoms with E-state index in [1.165, 1.54) is 0 Å². The second-order valence-corrected chi connectivity index (χ2v) is 17.3. The van der Waals surface area contributed by atoms with Crippen molar-refractivity contribution in [2.45, 2.75) is 57.2 Å². The highest BCUT2D eigenvalue weighted by Crippen LogP contribution is 2.37. The van der Waals surface area contributed by atoms with E-state index in [9.17, 15) is 4.79 Å². The molecule has 9 heteroatoms. The third-order valence-corrected chi connectivity index (χ3v) is 13.6. The van der Waals surface area contributed by atoms with Crippen LogP contribution in [-0.4, -0.2) is 72.0 Å². The zero-order chi connectivity index (χ0) is 35.8. The van der Waals surface area contributed by atoms with Gasteiger partial charge in [0.1, 0.15) is 32.4 Å². The van der Waals surface area contributed by atoms with Gasteiger partial charge in [-0.2, -0.15) is 0 Å². The van der Waals surface area contributed by atoms with Gasteiger partial charge in [-0.1, -0.05) is 148 Å². The number of methoxy groups -OCH3 is 2. The van der Waals surface area contributed by atoms with Crippen molar-refractivity contribution in [2.75, 3.05) is 34.4 Å². The molecule has 0 saturated heterocycles. The average Bonchev–Trinajstić information content (AvgIpc) is 3.14. The van der Waals surface area contributed by atoms with Crippen molar-refractivity contribution in [3.05, 3.63) is 145 Å². The largest absolute Gasteiger partial charge is 0.445 e. The second-order valence-electron chi connectivity index (χ2n) is 13.0. The summed E-state index contributed by atoms with van der Waals surface area (Å²) in [6, 6.07) is 39.4. The summed E-state index contributed by atoms with van der Waals surface area (Å²) < 4.78 is 36.8. The summed E-state index contributed by atoms with van der Waals surface area (Å²) in [4.78, 5) is 15.7. The van der Waals surface area contributed by atoms with E-state index in [1.54, 1.807) is 25.2 Å². The van der Waals surface area contributed by atoms with Crippen LogP contribution in [0.25, 0.3) is 0 Å². The lowest BCUT2D eigenvalue weighted by molar-refractivity contribution is -0.177. The molecule has 4 rings (SSSR count). The van der Waals surface area contributed by atoms with Gasteiger partial charge in [0.25, 0.3) is 8.32 Å². The number of carbonyl (C=O) groups is 1. The third-order valence-electron chi connectivity index (χ3n) is 8.60. The fraction of sp³-hybridized carbons (Fsp3) is 0.341. The predicted molar refractivity (Wildman–Crippen MR) is 200 cm³/mol. The van der Waals surface area contributed by atoms with E-state index in [2.05, 4.69) is 75.9 Å². The van der Waals surface area contributed by atoms with Crippen LogP contribution in [0.15, 0.2) is 134 Å². The fourth-order valence-electron chi connectivity index (χ4n) is 6.25. The molecule has 0 spiro atoms. The zero-order valence-electron chi connectivity index (χ0n) is 29.9. The number of rotatable bonds is 19. The minimum Gasteiger partial charge on any atom is -0.445 e. The summed E-state index contributed by atoms with van der Waals surface area (Å²) in [7, 11) is 0.151. The van der Waals surface area contributed by atoms with Gasteiger partial charge in [-0.15, -0.1) is 6.58 Å². The molecular weight excluding hydrogens is 647 g/mol. The van der Waals surface area contributed by atoms with E-state index in [0.717, 1.165) is 21.5 Å². The number of benzene rings is 4. The Bertz CT molecular complexity index is 1510. The van der Waals surface area contributed by atoms with Crippen molar-refractivity contribution in [3.8, 4) is 0 Å². The van der Waals surface area contributed by atoms with Gasteiger partial charge in [0.15, 0.2) is 0 Å². The molecule has 50 heavy (non-hydrogen) atoms. The van der Waals surface area contributed by atoms with E-state index in [1.807, 2.05) is 72.8 Å². The van der Waals surface area contributed by atoms with Crippen molar-refractivity contribution >= 4 is 24.8 Å². The van der Waals surface area contributed by atoms with Crippen LogP contribution in [0.3, 0.4) is 0 Å². The van der Waals surface area contributed by atoms with Crippen molar-refractivity contribution < 1.29 is 32.9 Å². The Hall–Kier alpha value is -4.09. The van der Waals surface area contributed by atoms with E-state index in [4.69, 9.17) is 28.1 Å². The van der Waals surface area contributed by atoms with Crippen molar-refractivity contribution in [1.29, 1.82) is 0 Å². The minimum absolute atomic E-state index is 0.0252. The topological polar surface area (TPSA) is 75.7 Å². The number of hydrogen-bond acceptors (Lipinski definition) is 7. The highest BCUT2D eigenvalue weighted by molar-refractivity contribution is 6.99. The van der Waals surface area contributed by atoms with Gasteiger partial charge in [0, 0.05) is 20.8 Å². The fourth-order valence-corrected chi connectivity index (χ4v) is 10.8. The molecule has 0 aromatic heterocycles. The molecule has 0 aliphatic carbocycles. The maximum Gasteiger partial charge on any atom is 0.410 e. The van der Waals surface area contributed by atoms with Crippen LogP contribution in [0.2, 0.25) is 5.04 Å². The van der Waals surface area contributed by atoms with Gasteiger partial charge < -0.3 is 28.1 Å². The maximum atomic E-state index is 14.0. The summed E-state index contributed by atoms with van der Waals surface area (Å²) in [5.74, 6) is 0. The standard InChI is InChI=1S/C41H51NO7Si/c1-7-37(42(28-33-20-12-8-13-21-33)40(43)46-29-34-22-14-9-15-23-34)39(48-32-45-6)38(47-31-44-5)30-49-50(41(2,3)4,35-24-16-10-17-25-35)36-26-18-11-19-27-36/h7-27,37-39H,1,28-32H2,2-6H3/t37-,38+,39+/m1/s1. The summed E-state index contributed by atoms with van der Waals surface area (Å²) in [5, 5.41) is 1.99. The van der Waals surface area contributed by atoms with Gasteiger partial charge in [-0.05, 0) is 26.5 Å². The third kappa shape index (κ3) is 10.0. The van der Waals surface area contributed by atoms with Gasteiger partial charge in [-0.25, -0.2) is 4.79 Å². The first-order chi connectivity index (χ1) is 24.2. The van der Waals surface area contributed by atoms with Gasteiger partial charge >= 0.3 is 6.09 Å². The summed E-state index contributed by atoms with van der Waals surface area (Å²) in [5.41, 5.74) is 1.79. The highest BCUT2D eigenvalue weighted by atomic mass is 28.4. The van der Waals surface area contributed by atoms with Gasteiger partial charge in [-0.3, -0.25) is 4.90 Å². The molecule has 0 radical (unpaired) electrons. The van der Waals surface area contributed by atoms with E-state index in [0.29, 0.717) is 0 Å². The van der Waals surface area contributed by atoms with Gasteiger partial charge in [0.05, 0.1) is 12.6 Å². The molecule has 8 nitrogen and oxygen atoms in total. The molecule has 1 amide bonds. The van der Waals surface area contributed by atoms with E-state index < -0.39 is 32.7 Å². The van der Waals surface area contributed by atoms with Gasteiger partial charge in [0.2, 0.25) is 0 Å². The maximum absolute atomic E-state index is 14.0. The molecule has 4 aromatic carbocycles. The van der Waals surface area contributed by atoms with E-state index >= 15 is 0 Å². The first-order valence-electron chi connectivity index (χ1n) is 16.8. The Kier molecular flexibility index (Phi) is 15.0. The first-order valence-corrected chi connectivity index (χ1v) is 18.8. The molecule has 0 unspecified atom stereocenters. The second kappa shape index (κ2) is 19.3. The lowest BCUT2D eigenvalue weighted by Crippen LogP contribution is -2.67. The van der Waals surface area contributed by atoms with Crippen LogP contribution >= 0.6 is 0 Å². The highest BCUT2D eigenvalue weighted by Gasteiger charge is 2.51. The molecular formula is C41H51NO7Si. The van der Waals surface area contributed by atoms with Crippen molar-refractivity contribution in [3.63, 3.8) is 0 Å². The Balaban J connectivity index is 1.76. The van der Waals surface area contributed by atoms with Crippen LogP contribution in [0, 0.1) is 0 Å². The summed E-state index contributed by atoms with van der Waals surface area (Å²) in [6.45, 7) is 11.2. The molecule has 0 heterocycles. The Morgan fingerprint density at radius 2 is 1.22 bits per heavy atom. The van der Waals surface area contributed by atoms with Crippen LogP contribution in [0.1, 0.15) is 31.9 Å². The molecule has 0 fully saturated rings.